The highest BCUT2D eigenvalue weighted by atomic mass is 32.2. The molecule has 132 valence electrons. The highest BCUT2D eigenvalue weighted by Crippen LogP contribution is 2.35. The van der Waals surface area contributed by atoms with E-state index in [4.69, 9.17) is 0 Å². The number of amides is 2. The van der Waals surface area contributed by atoms with Gasteiger partial charge in [-0.1, -0.05) is 18.2 Å². The van der Waals surface area contributed by atoms with Gasteiger partial charge in [-0.15, -0.1) is 0 Å². The van der Waals surface area contributed by atoms with Crippen LogP contribution in [-0.2, 0) is 14.8 Å². The quantitative estimate of drug-likeness (QED) is 0.826. The Hall–Kier alpha value is -2.15. The van der Waals surface area contributed by atoms with E-state index in [1.54, 1.807) is 17.0 Å². The van der Waals surface area contributed by atoms with Gasteiger partial charge in [0.1, 0.15) is 11.4 Å². The van der Waals surface area contributed by atoms with E-state index in [2.05, 4.69) is 6.08 Å². The van der Waals surface area contributed by atoms with Crippen molar-refractivity contribution in [2.45, 2.75) is 49.5 Å². The minimum Gasteiger partial charge on any atom is -0.312 e. The molecule has 4 rings (SSSR count). The lowest BCUT2D eigenvalue weighted by Crippen LogP contribution is -2.43. The molecule has 1 saturated carbocycles. The van der Waals surface area contributed by atoms with Crippen LogP contribution in [0.3, 0.4) is 0 Å². The molecule has 0 radical (unpaired) electrons. The molecular formula is C18H20N2O4S. The summed E-state index contributed by atoms with van der Waals surface area (Å²) in [6.07, 6.45) is 7.88. The molecule has 0 atom stereocenters. The zero-order valence-corrected chi connectivity index (χ0v) is 14.7. The number of allylic oxidation sites excluding steroid dienone is 2. The molecule has 0 spiro atoms. The van der Waals surface area contributed by atoms with Gasteiger partial charge >= 0.3 is 0 Å². The third-order valence-corrected chi connectivity index (χ3v) is 6.74. The lowest BCUT2D eigenvalue weighted by Gasteiger charge is -2.29. The van der Waals surface area contributed by atoms with Gasteiger partial charge in [0.2, 0.25) is 5.91 Å². The van der Waals surface area contributed by atoms with Gasteiger partial charge in [0.05, 0.1) is 5.56 Å². The van der Waals surface area contributed by atoms with Crippen LogP contribution in [0.1, 0.15) is 48.9 Å². The van der Waals surface area contributed by atoms with E-state index in [0.717, 1.165) is 48.5 Å². The predicted molar refractivity (Wildman–Crippen MR) is 91.1 cm³/mol. The van der Waals surface area contributed by atoms with Crippen molar-refractivity contribution in [2.24, 2.45) is 0 Å². The Balaban J connectivity index is 1.60. The van der Waals surface area contributed by atoms with Gasteiger partial charge in [-0.3, -0.25) is 9.59 Å². The lowest BCUT2D eigenvalue weighted by atomic mass is 10.0. The van der Waals surface area contributed by atoms with E-state index in [0.29, 0.717) is 0 Å². The molecule has 0 aromatic heterocycles. The highest BCUT2D eigenvalue weighted by Gasteiger charge is 2.44. The summed E-state index contributed by atoms with van der Waals surface area (Å²) in [4.78, 5) is 27.1. The van der Waals surface area contributed by atoms with Crippen molar-refractivity contribution in [1.29, 1.82) is 0 Å². The zero-order chi connectivity index (χ0) is 17.6. The van der Waals surface area contributed by atoms with Crippen LogP contribution in [0.2, 0.25) is 0 Å². The molecule has 2 aliphatic carbocycles. The average Bonchev–Trinajstić information content (AvgIpc) is 3.42. The van der Waals surface area contributed by atoms with Gasteiger partial charge in [-0.2, -0.15) is 0 Å². The maximum Gasteiger partial charge on any atom is 0.269 e. The van der Waals surface area contributed by atoms with Crippen LogP contribution >= 0.6 is 0 Å². The third-order valence-electron chi connectivity index (χ3n) is 4.95. The standard InChI is InChI=1S/C18H20N2O4S/c21-17(20(14-10-11-14)13-6-2-1-3-7-13)12-19-18(22)15-8-4-5-9-16(15)25(19,23)24/h4-6,8-9,14H,1-3,7,10-12H2. The Morgan fingerprint density at radius 1 is 1.20 bits per heavy atom. The Morgan fingerprint density at radius 2 is 1.96 bits per heavy atom. The van der Waals surface area contributed by atoms with E-state index in [1.807, 2.05) is 0 Å². The molecule has 1 heterocycles. The highest BCUT2D eigenvalue weighted by molar-refractivity contribution is 7.90. The molecule has 1 aromatic rings. The summed E-state index contributed by atoms with van der Waals surface area (Å²) in [5.41, 5.74) is 1.13. The van der Waals surface area contributed by atoms with Crippen LogP contribution in [-0.4, -0.2) is 42.0 Å². The Morgan fingerprint density at radius 3 is 2.60 bits per heavy atom. The summed E-state index contributed by atoms with van der Waals surface area (Å²) in [6.45, 7) is -0.427. The number of hydrogen-bond acceptors (Lipinski definition) is 4. The number of rotatable bonds is 4. The molecule has 1 fully saturated rings. The van der Waals surface area contributed by atoms with Gasteiger partial charge in [-0.25, -0.2) is 12.7 Å². The monoisotopic (exact) mass is 360 g/mol. The van der Waals surface area contributed by atoms with Crippen LogP contribution in [0.25, 0.3) is 0 Å². The van der Waals surface area contributed by atoms with Crippen molar-refractivity contribution in [3.63, 3.8) is 0 Å². The normalized spacial score (nSPS) is 21.7. The van der Waals surface area contributed by atoms with Crippen LogP contribution in [0.5, 0.6) is 0 Å². The fourth-order valence-electron chi connectivity index (χ4n) is 3.56. The van der Waals surface area contributed by atoms with E-state index in [1.165, 1.54) is 12.1 Å². The maximum atomic E-state index is 12.9. The Labute approximate surface area is 147 Å². The number of nitrogens with zero attached hydrogens (tertiary/aromatic N) is 2. The minimum absolute atomic E-state index is 0.0114. The third kappa shape index (κ3) is 2.76. The SMILES string of the molecule is O=C(CN1C(=O)c2ccccc2S1(=O)=O)N(C1=CCCCC1)C1CC1. The molecule has 0 unspecified atom stereocenters. The Kier molecular flexibility index (Phi) is 3.91. The predicted octanol–water partition coefficient (Wildman–Crippen LogP) is 2.28. The molecular weight excluding hydrogens is 340 g/mol. The topological polar surface area (TPSA) is 74.8 Å². The molecule has 0 N–H and O–H groups in total. The summed E-state index contributed by atoms with van der Waals surface area (Å²) in [6, 6.07) is 6.26. The smallest absolute Gasteiger partial charge is 0.269 e. The molecule has 6 nitrogen and oxygen atoms in total. The number of hydrogen-bond donors (Lipinski definition) is 0. The van der Waals surface area contributed by atoms with Crippen molar-refractivity contribution in [3.05, 3.63) is 41.6 Å². The van der Waals surface area contributed by atoms with Gasteiger partial charge in [0, 0.05) is 11.7 Å². The molecule has 1 aliphatic heterocycles. The van der Waals surface area contributed by atoms with Gasteiger partial charge in [-0.05, 0) is 50.7 Å². The molecule has 2 amide bonds. The van der Waals surface area contributed by atoms with Crippen molar-refractivity contribution >= 4 is 21.8 Å². The molecule has 3 aliphatic rings. The molecule has 7 heteroatoms. The maximum absolute atomic E-state index is 12.9. The van der Waals surface area contributed by atoms with E-state index >= 15 is 0 Å². The number of carbonyl (C=O) groups excluding carboxylic acids is 2. The second kappa shape index (κ2) is 5.98. The van der Waals surface area contributed by atoms with Crippen LogP contribution in [0.4, 0.5) is 0 Å². The molecule has 0 saturated heterocycles. The van der Waals surface area contributed by atoms with Crippen molar-refractivity contribution in [1.82, 2.24) is 9.21 Å². The molecule has 25 heavy (non-hydrogen) atoms. The van der Waals surface area contributed by atoms with E-state index in [9.17, 15) is 18.0 Å². The average molecular weight is 360 g/mol. The summed E-state index contributed by atoms with van der Waals surface area (Å²) in [5.74, 6) is -0.919. The number of fused-ring (bicyclic) bond motifs is 1. The number of carbonyl (C=O) groups is 2. The second-order valence-corrected chi connectivity index (χ2v) is 8.58. The minimum atomic E-state index is -3.94. The summed E-state index contributed by atoms with van der Waals surface area (Å²) in [7, 11) is -3.94. The summed E-state index contributed by atoms with van der Waals surface area (Å²) < 4.78 is 26.0. The fraction of sp³-hybridized carbons (Fsp3) is 0.444. The largest absolute Gasteiger partial charge is 0.312 e. The van der Waals surface area contributed by atoms with Crippen LogP contribution in [0.15, 0.2) is 40.9 Å². The van der Waals surface area contributed by atoms with Crippen LogP contribution < -0.4 is 0 Å². The first-order chi connectivity index (χ1) is 12.0. The van der Waals surface area contributed by atoms with Crippen molar-refractivity contribution < 1.29 is 18.0 Å². The van der Waals surface area contributed by atoms with Gasteiger partial charge < -0.3 is 4.90 Å². The van der Waals surface area contributed by atoms with Crippen molar-refractivity contribution in [3.8, 4) is 0 Å². The van der Waals surface area contributed by atoms with Crippen LogP contribution in [0, 0.1) is 0 Å². The first-order valence-electron chi connectivity index (χ1n) is 8.67. The number of sulfonamides is 1. The van der Waals surface area contributed by atoms with E-state index in [-0.39, 0.29) is 22.4 Å². The number of benzene rings is 1. The summed E-state index contributed by atoms with van der Waals surface area (Å²) in [5, 5.41) is 0. The van der Waals surface area contributed by atoms with Crippen molar-refractivity contribution in [2.75, 3.05) is 6.54 Å². The first-order valence-corrected chi connectivity index (χ1v) is 10.1. The Bertz CT molecular complexity index is 871. The zero-order valence-electron chi connectivity index (χ0n) is 13.8. The first kappa shape index (κ1) is 16.3. The van der Waals surface area contributed by atoms with Gasteiger partial charge in [0.15, 0.2) is 0 Å². The van der Waals surface area contributed by atoms with E-state index < -0.39 is 22.5 Å². The fourth-order valence-corrected chi connectivity index (χ4v) is 5.08. The lowest BCUT2D eigenvalue weighted by molar-refractivity contribution is -0.129. The second-order valence-electron chi connectivity index (χ2n) is 6.75. The molecule has 0 bridgehead atoms. The molecule has 1 aromatic carbocycles. The summed E-state index contributed by atoms with van der Waals surface area (Å²) >= 11 is 0. The van der Waals surface area contributed by atoms with Gasteiger partial charge in [0.25, 0.3) is 15.9 Å².